The third-order valence-corrected chi connectivity index (χ3v) is 5.27. The molecule has 3 rings (SSSR count). The first kappa shape index (κ1) is 18.6. The molecule has 0 spiro atoms. The number of amides is 1. The molecule has 26 heavy (non-hydrogen) atoms. The number of nitrogens with one attached hydrogen (secondary N) is 1. The van der Waals surface area contributed by atoms with Crippen molar-refractivity contribution in [1.29, 1.82) is 0 Å². The van der Waals surface area contributed by atoms with E-state index in [1.807, 2.05) is 32.9 Å². The van der Waals surface area contributed by atoms with Gasteiger partial charge in [0.05, 0.1) is 12.2 Å². The molecule has 1 amide bonds. The van der Waals surface area contributed by atoms with E-state index in [4.69, 9.17) is 4.52 Å². The second-order valence-corrected chi connectivity index (χ2v) is 7.15. The van der Waals surface area contributed by atoms with E-state index in [-0.39, 0.29) is 5.91 Å². The Hall–Kier alpha value is -2.18. The maximum atomic E-state index is 12.4. The molecule has 0 radical (unpaired) electrons. The fourth-order valence-electron chi connectivity index (χ4n) is 3.34. The average Bonchev–Trinajstić information content (AvgIpc) is 2.92. The lowest BCUT2D eigenvalue weighted by Crippen LogP contribution is -2.48. The van der Waals surface area contributed by atoms with Gasteiger partial charge in [-0.2, -0.15) is 0 Å². The van der Waals surface area contributed by atoms with Gasteiger partial charge in [-0.1, -0.05) is 17.3 Å². The molecule has 1 aromatic heterocycles. The smallest absolute Gasteiger partial charge is 0.238 e. The standard InChI is InChI=1S/C20H28N4O2/c1-14-6-5-7-19(15(14)2)21-20(25)13-24-10-8-23(9-11-24)12-18-16(3)22-26-17(18)4/h5-7H,8-13H2,1-4H3,(H,21,25). The van der Waals surface area contributed by atoms with Crippen LogP contribution < -0.4 is 5.32 Å². The number of carbonyl (C=O) groups is 1. The molecule has 1 fully saturated rings. The molecule has 1 aromatic carbocycles. The van der Waals surface area contributed by atoms with Crippen molar-refractivity contribution in [1.82, 2.24) is 15.0 Å². The quantitative estimate of drug-likeness (QED) is 0.892. The molecular weight excluding hydrogens is 328 g/mol. The largest absolute Gasteiger partial charge is 0.361 e. The van der Waals surface area contributed by atoms with Gasteiger partial charge in [-0.3, -0.25) is 14.6 Å². The monoisotopic (exact) mass is 356 g/mol. The number of carbonyl (C=O) groups excluding carboxylic acids is 1. The van der Waals surface area contributed by atoms with Gasteiger partial charge in [0.1, 0.15) is 5.76 Å². The highest BCUT2D eigenvalue weighted by Gasteiger charge is 2.21. The van der Waals surface area contributed by atoms with Gasteiger partial charge in [0.15, 0.2) is 0 Å². The number of hydrogen-bond acceptors (Lipinski definition) is 5. The second kappa shape index (κ2) is 8.01. The van der Waals surface area contributed by atoms with Gasteiger partial charge < -0.3 is 9.84 Å². The Morgan fingerprint density at radius 1 is 1.12 bits per heavy atom. The highest BCUT2D eigenvalue weighted by molar-refractivity contribution is 5.93. The summed E-state index contributed by atoms with van der Waals surface area (Å²) in [5, 5.41) is 7.07. The zero-order chi connectivity index (χ0) is 18.7. The van der Waals surface area contributed by atoms with Crippen LogP contribution in [0.5, 0.6) is 0 Å². The summed E-state index contributed by atoms with van der Waals surface area (Å²) in [6.07, 6.45) is 0. The van der Waals surface area contributed by atoms with Crippen LogP contribution in [-0.2, 0) is 11.3 Å². The molecule has 140 valence electrons. The maximum absolute atomic E-state index is 12.4. The summed E-state index contributed by atoms with van der Waals surface area (Å²) in [6.45, 7) is 13.0. The number of hydrogen-bond donors (Lipinski definition) is 1. The fraction of sp³-hybridized carbons (Fsp3) is 0.500. The SMILES string of the molecule is Cc1cccc(NC(=O)CN2CCN(Cc3c(C)noc3C)CC2)c1C. The zero-order valence-corrected chi connectivity index (χ0v) is 16.1. The van der Waals surface area contributed by atoms with Crippen molar-refractivity contribution in [3.63, 3.8) is 0 Å². The number of nitrogens with zero attached hydrogens (tertiary/aromatic N) is 3. The van der Waals surface area contributed by atoms with E-state index in [9.17, 15) is 4.79 Å². The number of piperazine rings is 1. The molecule has 6 nitrogen and oxygen atoms in total. The first-order valence-electron chi connectivity index (χ1n) is 9.16. The van der Waals surface area contributed by atoms with Crippen molar-refractivity contribution in [2.45, 2.75) is 34.2 Å². The molecule has 0 aliphatic carbocycles. The van der Waals surface area contributed by atoms with E-state index in [0.717, 1.165) is 55.4 Å². The molecule has 1 aliphatic heterocycles. The minimum absolute atomic E-state index is 0.0536. The fourth-order valence-corrected chi connectivity index (χ4v) is 3.34. The molecule has 0 saturated carbocycles. The lowest BCUT2D eigenvalue weighted by atomic mass is 10.1. The average molecular weight is 356 g/mol. The van der Waals surface area contributed by atoms with Gasteiger partial charge in [0, 0.05) is 44.0 Å². The molecule has 6 heteroatoms. The Labute approximate surface area is 155 Å². The van der Waals surface area contributed by atoms with Crippen LogP contribution in [-0.4, -0.2) is 53.6 Å². The maximum Gasteiger partial charge on any atom is 0.238 e. The van der Waals surface area contributed by atoms with Gasteiger partial charge in [0.25, 0.3) is 0 Å². The van der Waals surface area contributed by atoms with Crippen molar-refractivity contribution < 1.29 is 9.32 Å². The second-order valence-electron chi connectivity index (χ2n) is 7.15. The Morgan fingerprint density at radius 3 is 2.46 bits per heavy atom. The normalized spacial score (nSPS) is 16.0. The van der Waals surface area contributed by atoms with Crippen LogP contribution >= 0.6 is 0 Å². The molecular formula is C20H28N4O2. The first-order chi connectivity index (χ1) is 12.4. The van der Waals surface area contributed by atoms with Crippen LogP contribution in [0.15, 0.2) is 22.7 Å². The van der Waals surface area contributed by atoms with Gasteiger partial charge in [0.2, 0.25) is 5.91 Å². The summed E-state index contributed by atoms with van der Waals surface area (Å²) < 4.78 is 5.25. The van der Waals surface area contributed by atoms with E-state index in [1.54, 1.807) is 0 Å². The molecule has 1 N–H and O–H groups in total. The lowest BCUT2D eigenvalue weighted by molar-refractivity contribution is -0.117. The Bertz CT molecular complexity index is 757. The number of benzene rings is 1. The van der Waals surface area contributed by atoms with E-state index in [2.05, 4.69) is 33.3 Å². The Balaban J connectivity index is 1.48. The summed E-state index contributed by atoms with van der Waals surface area (Å²) in [5.41, 5.74) is 5.39. The zero-order valence-electron chi connectivity index (χ0n) is 16.1. The molecule has 0 bridgehead atoms. The lowest BCUT2D eigenvalue weighted by Gasteiger charge is -2.34. The Morgan fingerprint density at radius 2 is 1.81 bits per heavy atom. The summed E-state index contributed by atoms with van der Waals surface area (Å²) in [4.78, 5) is 17.0. The van der Waals surface area contributed by atoms with Crippen LogP contribution in [0, 0.1) is 27.7 Å². The first-order valence-corrected chi connectivity index (χ1v) is 9.16. The van der Waals surface area contributed by atoms with Crippen LogP contribution in [0.2, 0.25) is 0 Å². The van der Waals surface area contributed by atoms with Crippen LogP contribution in [0.4, 0.5) is 5.69 Å². The summed E-state index contributed by atoms with van der Waals surface area (Å²) in [7, 11) is 0. The summed E-state index contributed by atoms with van der Waals surface area (Å²) >= 11 is 0. The minimum Gasteiger partial charge on any atom is -0.361 e. The van der Waals surface area contributed by atoms with E-state index >= 15 is 0 Å². The highest BCUT2D eigenvalue weighted by Crippen LogP contribution is 2.18. The van der Waals surface area contributed by atoms with Crippen molar-refractivity contribution in [2.75, 3.05) is 38.0 Å². The van der Waals surface area contributed by atoms with Crippen molar-refractivity contribution in [3.8, 4) is 0 Å². The number of aryl methyl sites for hydroxylation is 3. The summed E-state index contributed by atoms with van der Waals surface area (Å²) in [5.74, 6) is 0.954. The van der Waals surface area contributed by atoms with Crippen LogP contribution in [0.3, 0.4) is 0 Å². The number of aromatic nitrogens is 1. The highest BCUT2D eigenvalue weighted by atomic mass is 16.5. The van der Waals surface area contributed by atoms with E-state index in [1.165, 1.54) is 11.1 Å². The predicted octanol–water partition coefficient (Wildman–Crippen LogP) is 2.66. The molecule has 2 aromatic rings. The van der Waals surface area contributed by atoms with Crippen LogP contribution in [0.1, 0.15) is 28.1 Å². The van der Waals surface area contributed by atoms with Crippen molar-refractivity contribution >= 4 is 11.6 Å². The number of anilines is 1. The third-order valence-electron chi connectivity index (χ3n) is 5.27. The molecule has 0 unspecified atom stereocenters. The van der Waals surface area contributed by atoms with Gasteiger partial charge in [-0.25, -0.2) is 0 Å². The third kappa shape index (κ3) is 4.31. The van der Waals surface area contributed by atoms with Gasteiger partial charge in [-0.05, 0) is 44.9 Å². The number of rotatable bonds is 5. The molecule has 1 saturated heterocycles. The van der Waals surface area contributed by atoms with Crippen molar-refractivity contribution in [2.24, 2.45) is 0 Å². The van der Waals surface area contributed by atoms with Gasteiger partial charge in [-0.15, -0.1) is 0 Å². The molecule has 2 heterocycles. The van der Waals surface area contributed by atoms with E-state index in [0.29, 0.717) is 6.54 Å². The summed E-state index contributed by atoms with van der Waals surface area (Å²) in [6, 6.07) is 6.00. The Kier molecular flexibility index (Phi) is 5.74. The minimum atomic E-state index is 0.0536. The molecule has 1 aliphatic rings. The van der Waals surface area contributed by atoms with E-state index < -0.39 is 0 Å². The predicted molar refractivity (Wildman–Crippen MR) is 102 cm³/mol. The van der Waals surface area contributed by atoms with Crippen molar-refractivity contribution in [3.05, 3.63) is 46.3 Å². The van der Waals surface area contributed by atoms with Gasteiger partial charge >= 0.3 is 0 Å². The topological polar surface area (TPSA) is 61.6 Å². The molecule has 0 atom stereocenters. The van der Waals surface area contributed by atoms with Crippen LogP contribution in [0.25, 0.3) is 0 Å².